The van der Waals surface area contributed by atoms with Crippen molar-refractivity contribution in [2.24, 2.45) is 0 Å². The first-order valence-electron chi connectivity index (χ1n) is 17.8. The summed E-state index contributed by atoms with van der Waals surface area (Å²) in [5.74, 6) is -0.437. The van der Waals surface area contributed by atoms with Gasteiger partial charge in [-0.3, -0.25) is 9.59 Å². The minimum absolute atomic E-state index is 0.0593. The summed E-state index contributed by atoms with van der Waals surface area (Å²) in [6, 6.07) is 5.20. The van der Waals surface area contributed by atoms with Crippen LogP contribution in [0.25, 0.3) is 11.6 Å². The zero-order valence-electron chi connectivity index (χ0n) is 31.9. The van der Waals surface area contributed by atoms with Crippen molar-refractivity contribution in [3.63, 3.8) is 0 Å². The fourth-order valence-electron chi connectivity index (χ4n) is 6.23. The van der Waals surface area contributed by atoms with E-state index in [1.54, 1.807) is 19.1 Å². The quantitative estimate of drug-likeness (QED) is 0.0781. The molecule has 51 heavy (non-hydrogen) atoms. The van der Waals surface area contributed by atoms with Gasteiger partial charge >= 0.3 is 0 Å². The number of aryl methyl sites for hydroxylation is 2. The number of phenols is 2. The van der Waals surface area contributed by atoms with Crippen molar-refractivity contribution >= 4 is 23.2 Å². The first kappa shape index (κ1) is 40.8. The summed E-state index contributed by atoms with van der Waals surface area (Å²) >= 11 is 0. The van der Waals surface area contributed by atoms with E-state index >= 15 is 0 Å². The molecular formula is C44H56O7. The topological polar surface area (TPSA) is 128 Å². The average molecular weight is 697 g/mol. The molecule has 0 saturated carbocycles. The van der Waals surface area contributed by atoms with Crippen molar-refractivity contribution in [1.82, 2.24) is 0 Å². The normalized spacial score (nSPS) is 15.1. The molecule has 1 heterocycles. The molecule has 0 aliphatic heterocycles. The Balaban J connectivity index is 1.82. The number of aromatic hydroxyl groups is 2. The first-order valence-corrected chi connectivity index (χ1v) is 17.8. The maximum absolute atomic E-state index is 13.3. The smallest absolute Gasteiger partial charge is 0.233 e. The molecule has 4 N–H and O–H groups in total. The highest BCUT2D eigenvalue weighted by Crippen LogP contribution is 2.38. The lowest BCUT2D eigenvalue weighted by atomic mass is 9.85. The molecule has 7 nitrogen and oxygen atoms in total. The number of allylic oxidation sites excluding steroid dienone is 10. The summed E-state index contributed by atoms with van der Waals surface area (Å²) in [5, 5.41) is 42.3. The molecule has 0 saturated heterocycles. The number of hydrogen-bond donors (Lipinski definition) is 4. The van der Waals surface area contributed by atoms with E-state index in [2.05, 4.69) is 6.08 Å². The van der Waals surface area contributed by atoms with Crippen molar-refractivity contribution in [3.05, 3.63) is 115 Å². The van der Waals surface area contributed by atoms with Gasteiger partial charge in [0, 0.05) is 16.7 Å². The van der Waals surface area contributed by atoms with Crippen LogP contribution in [0.2, 0.25) is 0 Å². The summed E-state index contributed by atoms with van der Waals surface area (Å²) in [7, 11) is 0. The first-order chi connectivity index (χ1) is 24.0. The van der Waals surface area contributed by atoms with Gasteiger partial charge in [-0.2, -0.15) is 0 Å². The van der Waals surface area contributed by atoms with Crippen LogP contribution >= 0.6 is 0 Å². The van der Waals surface area contributed by atoms with E-state index in [4.69, 9.17) is 4.42 Å². The number of furan rings is 1. The predicted molar refractivity (Wildman–Crippen MR) is 207 cm³/mol. The number of aliphatic hydroxyl groups excluding tert-OH is 2. The van der Waals surface area contributed by atoms with Gasteiger partial charge in [-0.15, -0.1) is 0 Å². The van der Waals surface area contributed by atoms with Gasteiger partial charge in [-0.25, -0.2) is 0 Å². The van der Waals surface area contributed by atoms with Crippen LogP contribution in [0.1, 0.15) is 122 Å². The van der Waals surface area contributed by atoms with Crippen molar-refractivity contribution in [1.29, 1.82) is 0 Å². The van der Waals surface area contributed by atoms with Gasteiger partial charge in [-0.05, 0) is 149 Å². The Labute approximate surface area is 303 Å². The fraction of sp³-hybridized carbons (Fsp3) is 0.409. The van der Waals surface area contributed by atoms with Gasteiger partial charge < -0.3 is 24.8 Å². The lowest BCUT2D eigenvalue weighted by Crippen LogP contribution is -2.25. The Hall–Kier alpha value is -4.62. The third kappa shape index (κ3) is 11.7. The van der Waals surface area contributed by atoms with Gasteiger partial charge in [0.15, 0.2) is 0 Å². The molecule has 2 aromatic rings. The second-order valence-electron chi connectivity index (χ2n) is 14.5. The summed E-state index contributed by atoms with van der Waals surface area (Å²) < 4.78 is 6.28. The Bertz CT molecular complexity index is 1820. The maximum Gasteiger partial charge on any atom is 0.233 e. The molecule has 7 heteroatoms. The number of ketones is 2. The minimum atomic E-state index is -0.703. The highest BCUT2D eigenvalue weighted by molar-refractivity contribution is 6.52. The van der Waals surface area contributed by atoms with Crippen molar-refractivity contribution in [2.45, 2.75) is 120 Å². The van der Waals surface area contributed by atoms with Gasteiger partial charge in [0.1, 0.15) is 28.8 Å². The number of phenolic OH excluding ortho intramolecular Hbond substituents is 2. The van der Waals surface area contributed by atoms with Crippen molar-refractivity contribution in [2.75, 3.05) is 0 Å². The summed E-state index contributed by atoms with van der Waals surface area (Å²) in [6.45, 7) is 17.2. The van der Waals surface area contributed by atoms with Crippen LogP contribution in [0.4, 0.5) is 0 Å². The third-order valence-corrected chi connectivity index (χ3v) is 8.97. The van der Waals surface area contributed by atoms with E-state index in [-0.39, 0.29) is 40.4 Å². The van der Waals surface area contributed by atoms with E-state index in [1.807, 2.05) is 85.8 Å². The molecule has 0 unspecified atom stereocenters. The highest BCUT2D eigenvalue weighted by atomic mass is 16.3. The van der Waals surface area contributed by atoms with E-state index in [0.717, 1.165) is 64.7 Å². The van der Waals surface area contributed by atoms with Crippen molar-refractivity contribution in [3.8, 4) is 11.5 Å². The van der Waals surface area contributed by atoms with Crippen molar-refractivity contribution < 1.29 is 34.4 Å². The molecule has 0 amide bonds. The van der Waals surface area contributed by atoms with Gasteiger partial charge in [0.2, 0.25) is 11.6 Å². The standard InChI is InChI=1S/C44H56O7/c1-26(2)20-34(45)22-30(7)14-10-12-28(5)17-19-37-42(49)40(32(9)41(48)43(37)50)44-33(25-35(51-44)21-27(3)4)15-11-13-29(6)16-18-36-38(46)23-31(8)24-39(36)47/h14,16-17,20-21,23-25,34,45-47,49H,10-13,15,18-19,22H2,1-9H3/b28-17+,29-16+,30-14+/t34-/m0/s1. The summed E-state index contributed by atoms with van der Waals surface area (Å²) in [4.78, 5) is 26.4. The molecule has 274 valence electrons. The molecule has 0 spiro atoms. The zero-order valence-corrected chi connectivity index (χ0v) is 31.9. The lowest BCUT2D eigenvalue weighted by Gasteiger charge is -2.19. The van der Waals surface area contributed by atoms with Crippen LogP contribution in [0.5, 0.6) is 11.5 Å². The highest BCUT2D eigenvalue weighted by Gasteiger charge is 2.35. The molecule has 3 rings (SSSR count). The van der Waals surface area contributed by atoms with E-state index in [1.165, 1.54) is 0 Å². The average Bonchev–Trinajstić information content (AvgIpc) is 3.39. The molecule has 1 aromatic carbocycles. The van der Waals surface area contributed by atoms with Crippen LogP contribution < -0.4 is 0 Å². The molecular weight excluding hydrogens is 640 g/mol. The number of carbonyl (C=O) groups is 2. The lowest BCUT2D eigenvalue weighted by molar-refractivity contribution is -0.132. The van der Waals surface area contributed by atoms with E-state index < -0.39 is 17.7 Å². The molecule has 1 aromatic heterocycles. The number of benzene rings is 1. The Morgan fingerprint density at radius 3 is 2.04 bits per heavy atom. The maximum atomic E-state index is 13.3. The van der Waals surface area contributed by atoms with E-state index in [0.29, 0.717) is 36.3 Å². The van der Waals surface area contributed by atoms with Crippen LogP contribution in [0.15, 0.2) is 91.7 Å². The molecule has 1 aliphatic rings. The van der Waals surface area contributed by atoms with Gasteiger partial charge in [0.25, 0.3) is 0 Å². The molecule has 1 aliphatic carbocycles. The van der Waals surface area contributed by atoms with E-state index in [9.17, 15) is 30.0 Å². The number of hydrogen-bond acceptors (Lipinski definition) is 7. The molecule has 0 radical (unpaired) electrons. The summed E-state index contributed by atoms with van der Waals surface area (Å²) in [5.41, 5.74) is 7.90. The van der Waals surface area contributed by atoms with Crippen LogP contribution in [0.3, 0.4) is 0 Å². The SMILES string of the molecule is CC(C)=Cc1cc(CCC/C(C)=C/Cc2c(O)cc(C)cc2O)c(C2=C(C)C(=O)C(=O)C(C/C=C(\C)CC/C=C(\C)C[C@@H](O)C=C(C)C)=C2O)o1. The molecule has 1 atom stereocenters. The Morgan fingerprint density at radius 2 is 1.41 bits per heavy atom. The van der Waals surface area contributed by atoms with Gasteiger partial charge in [0.05, 0.1) is 11.7 Å². The number of aliphatic hydroxyl groups is 2. The largest absolute Gasteiger partial charge is 0.508 e. The summed E-state index contributed by atoms with van der Waals surface area (Å²) in [6.07, 6.45) is 13.9. The minimum Gasteiger partial charge on any atom is -0.508 e. The number of Topliss-reactive ketones (excluding diaryl/α,β-unsaturated/α-hetero) is 2. The molecule has 0 bridgehead atoms. The van der Waals surface area contributed by atoms with Crippen LogP contribution in [0, 0.1) is 6.92 Å². The third-order valence-electron chi connectivity index (χ3n) is 8.97. The van der Waals surface area contributed by atoms with Crippen LogP contribution in [-0.2, 0) is 22.4 Å². The second-order valence-corrected chi connectivity index (χ2v) is 14.5. The van der Waals surface area contributed by atoms with Crippen LogP contribution in [-0.4, -0.2) is 38.1 Å². The number of rotatable bonds is 16. The second kappa shape index (κ2) is 18.6. The number of carbonyl (C=O) groups excluding carboxylic acids is 2. The fourth-order valence-corrected chi connectivity index (χ4v) is 6.23. The van der Waals surface area contributed by atoms with Gasteiger partial charge in [-0.1, -0.05) is 52.2 Å². The Morgan fingerprint density at radius 1 is 0.784 bits per heavy atom. The predicted octanol–water partition coefficient (Wildman–Crippen LogP) is 10.5. The Kier molecular flexibility index (Phi) is 14.9. The zero-order chi connectivity index (χ0) is 38.0. The molecule has 0 fully saturated rings. The monoisotopic (exact) mass is 696 g/mol.